The molecule has 3 aromatic heterocycles. The van der Waals surface area contributed by atoms with Gasteiger partial charge in [0.15, 0.2) is 9.73 Å². The van der Waals surface area contributed by atoms with E-state index in [9.17, 15) is 0 Å². The molecule has 0 unspecified atom stereocenters. The van der Waals surface area contributed by atoms with Crippen LogP contribution in [0.5, 0.6) is 0 Å². The number of hydrogen-bond donors (Lipinski definition) is 1. The molecule has 0 fully saturated rings. The first-order valence-corrected chi connectivity index (χ1v) is 8.20. The van der Waals surface area contributed by atoms with Crippen molar-refractivity contribution in [3.63, 3.8) is 0 Å². The predicted octanol–water partition coefficient (Wildman–Crippen LogP) is 2.72. The van der Waals surface area contributed by atoms with Gasteiger partial charge in [0.1, 0.15) is 0 Å². The highest BCUT2D eigenvalue weighted by atomic mass is 32.1. The summed E-state index contributed by atoms with van der Waals surface area (Å²) in [5.74, 6) is 0. The molecule has 5 nitrogen and oxygen atoms in total. The quantitative estimate of drug-likeness (QED) is 0.738. The molecule has 1 aliphatic rings. The topological polar surface area (TPSA) is 49.2 Å². The Morgan fingerprint density at radius 3 is 3.29 bits per heavy atom. The smallest absolute Gasteiger partial charge is 0.196 e. The Balaban J connectivity index is 1.61. The summed E-state index contributed by atoms with van der Waals surface area (Å²) in [5, 5.41) is 2.08. The SMILES string of the molecule is Cc1nc2sccn2c1CN1CCc2[nH]c(=S)ncc2C1. The van der Waals surface area contributed by atoms with Gasteiger partial charge in [0.25, 0.3) is 0 Å². The zero-order valence-electron chi connectivity index (χ0n) is 11.7. The van der Waals surface area contributed by atoms with Gasteiger partial charge in [-0.15, -0.1) is 11.3 Å². The van der Waals surface area contributed by atoms with Crippen LogP contribution >= 0.6 is 23.6 Å². The van der Waals surface area contributed by atoms with Crippen LogP contribution in [0.4, 0.5) is 0 Å². The third kappa shape index (κ3) is 2.31. The molecule has 0 amide bonds. The van der Waals surface area contributed by atoms with Crippen LogP contribution in [0.2, 0.25) is 0 Å². The Morgan fingerprint density at radius 1 is 1.48 bits per heavy atom. The third-order valence-corrected chi connectivity index (χ3v) is 4.95. The first-order chi connectivity index (χ1) is 10.2. The van der Waals surface area contributed by atoms with Gasteiger partial charge in [0, 0.05) is 55.1 Å². The number of imidazole rings is 1. The minimum absolute atomic E-state index is 0.578. The van der Waals surface area contributed by atoms with E-state index in [1.54, 1.807) is 11.3 Å². The summed E-state index contributed by atoms with van der Waals surface area (Å²) in [7, 11) is 0. The summed E-state index contributed by atoms with van der Waals surface area (Å²) >= 11 is 6.77. The number of hydrogen-bond acceptors (Lipinski definition) is 5. The number of nitrogens with one attached hydrogen (secondary N) is 1. The Morgan fingerprint density at radius 2 is 2.38 bits per heavy atom. The van der Waals surface area contributed by atoms with Crippen LogP contribution in [-0.2, 0) is 19.5 Å². The molecule has 3 aromatic rings. The van der Waals surface area contributed by atoms with E-state index in [2.05, 4.69) is 42.8 Å². The summed E-state index contributed by atoms with van der Waals surface area (Å²) < 4.78 is 2.78. The van der Waals surface area contributed by atoms with Crippen molar-refractivity contribution in [2.75, 3.05) is 6.54 Å². The second kappa shape index (κ2) is 5.01. The second-order valence-corrected chi connectivity index (χ2v) is 6.61. The Labute approximate surface area is 131 Å². The summed E-state index contributed by atoms with van der Waals surface area (Å²) in [6.45, 7) is 4.94. The average molecular weight is 317 g/mol. The van der Waals surface area contributed by atoms with E-state index in [0.29, 0.717) is 4.77 Å². The van der Waals surface area contributed by atoms with Crippen LogP contribution in [0.15, 0.2) is 17.8 Å². The first-order valence-electron chi connectivity index (χ1n) is 6.91. The van der Waals surface area contributed by atoms with E-state index in [1.165, 1.54) is 17.0 Å². The van der Waals surface area contributed by atoms with E-state index in [-0.39, 0.29) is 0 Å². The van der Waals surface area contributed by atoms with Crippen LogP contribution in [0.3, 0.4) is 0 Å². The van der Waals surface area contributed by atoms with Gasteiger partial charge < -0.3 is 4.98 Å². The molecule has 0 radical (unpaired) electrons. The van der Waals surface area contributed by atoms with Crippen molar-refractivity contribution in [3.05, 3.63) is 45.2 Å². The van der Waals surface area contributed by atoms with E-state index < -0.39 is 0 Å². The van der Waals surface area contributed by atoms with Gasteiger partial charge in [0.05, 0.1) is 11.4 Å². The number of fused-ring (bicyclic) bond motifs is 2. The molecule has 7 heteroatoms. The van der Waals surface area contributed by atoms with Crippen LogP contribution in [-0.4, -0.2) is 30.8 Å². The molecule has 0 saturated heterocycles. The normalized spacial score (nSPS) is 15.5. The molecular formula is C14H15N5S2. The van der Waals surface area contributed by atoms with Gasteiger partial charge in [-0.05, 0) is 19.1 Å². The maximum atomic E-state index is 5.09. The minimum Gasteiger partial charge on any atom is -0.334 e. The Bertz CT molecular complexity index is 860. The van der Waals surface area contributed by atoms with Crippen molar-refractivity contribution in [3.8, 4) is 0 Å². The standard InChI is InChI=1S/C14H15N5S2/c1-9-12(19-4-5-21-14(19)16-9)8-18-3-2-11-10(7-18)6-15-13(20)17-11/h4-6H,2-3,7-8H2,1H3,(H,15,17,20). The van der Waals surface area contributed by atoms with Crippen molar-refractivity contribution in [1.29, 1.82) is 0 Å². The molecule has 0 atom stereocenters. The van der Waals surface area contributed by atoms with Crippen LogP contribution < -0.4 is 0 Å². The van der Waals surface area contributed by atoms with Gasteiger partial charge in [-0.1, -0.05) is 0 Å². The molecule has 0 aliphatic carbocycles. The molecule has 0 spiro atoms. The van der Waals surface area contributed by atoms with Gasteiger partial charge in [0.2, 0.25) is 0 Å². The van der Waals surface area contributed by atoms with E-state index in [0.717, 1.165) is 36.7 Å². The van der Waals surface area contributed by atoms with Crippen molar-refractivity contribution < 1.29 is 0 Å². The predicted molar refractivity (Wildman–Crippen MR) is 85.0 cm³/mol. The second-order valence-electron chi connectivity index (χ2n) is 5.35. The molecule has 0 bridgehead atoms. The maximum absolute atomic E-state index is 5.09. The number of H-pyrrole nitrogens is 1. The van der Waals surface area contributed by atoms with Crippen LogP contribution in [0, 0.1) is 11.7 Å². The molecule has 0 saturated carbocycles. The maximum Gasteiger partial charge on any atom is 0.196 e. The lowest BCUT2D eigenvalue weighted by molar-refractivity contribution is 0.239. The zero-order valence-corrected chi connectivity index (χ0v) is 13.3. The molecule has 0 aromatic carbocycles. The fourth-order valence-corrected chi connectivity index (χ4v) is 3.84. The number of aryl methyl sites for hydroxylation is 1. The van der Waals surface area contributed by atoms with Gasteiger partial charge in [-0.25, -0.2) is 9.97 Å². The highest BCUT2D eigenvalue weighted by Crippen LogP contribution is 2.22. The number of thiazole rings is 1. The van der Waals surface area contributed by atoms with Crippen LogP contribution in [0.1, 0.15) is 22.6 Å². The monoisotopic (exact) mass is 317 g/mol. The summed E-state index contributed by atoms with van der Waals surface area (Å²) in [4.78, 5) is 15.5. The Hall–Kier alpha value is -1.57. The molecule has 108 valence electrons. The van der Waals surface area contributed by atoms with E-state index >= 15 is 0 Å². The molecule has 1 aliphatic heterocycles. The number of aromatic amines is 1. The summed E-state index contributed by atoms with van der Waals surface area (Å²) in [6, 6.07) is 0. The zero-order chi connectivity index (χ0) is 14.4. The van der Waals surface area contributed by atoms with Crippen molar-refractivity contribution in [2.45, 2.75) is 26.4 Å². The van der Waals surface area contributed by atoms with Crippen molar-refractivity contribution in [2.24, 2.45) is 0 Å². The lowest BCUT2D eigenvalue weighted by atomic mass is 10.1. The lowest BCUT2D eigenvalue weighted by Crippen LogP contribution is -2.31. The molecule has 4 heterocycles. The number of rotatable bonds is 2. The highest BCUT2D eigenvalue weighted by molar-refractivity contribution is 7.71. The number of nitrogens with zero attached hydrogens (tertiary/aromatic N) is 4. The lowest BCUT2D eigenvalue weighted by Gasteiger charge is -2.28. The summed E-state index contributed by atoms with van der Waals surface area (Å²) in [6.07, 6.45) is 5.00. The molecular weight excluding hydrogens is 302 g/mol. The number of aromatic nitrogens is 4. The van der Waals surface area contributed by atoms with Gasteiger partial charge >= 0.3 is 0 Å². The van der Waals surface area contributed by atoms with E-state index in [4.69, 9.17) is 12.2 Å². The van der Waals surface area contributed by atoms with Gasteiger partial charge in [-0.2, -0.15) is 0 Å². The van der Waals surface area contributed by atoms with Gasteiger partial charge in [-0.3, -0.25) is 9.30 Å². The fraction of sp³-hybridized carbons (Fsp3) is 0.357. The first kappa shape index (κ1) is 13.1. The van der Waals surface area contributed by atoms with Crippen LogP contribution in [0.25, 0.3) is 4.96 Å². The molecule has 1 N–H and O–H groups in total. The van der Waals surface area contributed by atoms with Crippen molar-refractivity contribution >= 4 is 28.5 Å². The minimum atomic E-state index is 0.578. The van der Waals surface area contributed by atoms with Crippen molar-refractivity contribution in [1.82, 2.24) is 24.3 Å². The molecule has 4 rings (SSSR count). The largest absolute Gasteiger partial charge is 0.334 e. The molecule has 21 heavy (non-hydrogen) atoms. The fourth-order valence-electron chi connectivity index (χ4n) is 2.88. The highest BCUT2D eigenvalue weighted by Gasteiger charge is 2.19. The average Bonchev–Trinajstić information content (AvgIpc) is 3.02. The third-order valence-electron chi connectivity index (χ3n) is 3.99. The summed E-state index contributed by atoms with van der Waals surface area (Å²) in [5.41, 5.74) is 4.89. The van der Waals surface area contributed by atoms with E-state index in [1.807, 2.05) is 6.20 Å². The Kier molecular flexibility index (Phi) is 3.13.